The van der Waals surface area contributed by atoms with Crippen molar-refractivity contribution in [2.75, 3.05) is 0 Å². The summed E-state index contributed by atoms with van der Waals surface area (Å²) in [6.45, 7) is 4.01. The summed E-state index contributed by atoms with van der Waals surface area (Å²) in [7, 11) is -12.4. The third-order valence-electron chi connectivity index (χ3n) is 6.11. The zero-order chi connectivity index (χ0) is 28.2. The molecule has 0 bridgehead atoms. The van der Waals surface area contributed by atoms with Crippen LogP contribution in [-0.4, -0.2) is 36.8 Å². The molecule has 1 atom stereocenters. The van der Waals surface area contributed by atoms with Crippen LogP contribution in [0.4, 0.5) is 22.0 Å². The molecule has 1 heterocycles. The molecule has 0 saturated carbocycles. The number of halogens is 5. The summed E-state index contributed by atoms with van der Waals surface area (Å²) in [5, 5.41) is -5.94. The van der Waals surface area contributed by atoms with Gasteiger partial charge in [-0.1, -0.05) is 70.2 Å². The summed E-state index contributed by atoms with van der Waals surface area (Å²) in [4.78, 5) is 11.3. The molecular formula is C26H23F5O5S2. The fourth-order valence-electron chi connectivity index (χ4n) is 4.43. The Hall–Kier alpha value is -3.06. The Morgan fingerprint density at radius 3 is 1.79 bits per heavy atom. The monoisotopic (exact) mass is 574 g/mol. The summed E-state index contributed by atoms with van der Waals surface area (Å²) in [6.07, 6.45) is -10.4. The van der Waals surface area contributed by atoms with Gasteiger partial charge in [-0.15, -0.1) is 0 Å². The molecule has 1 aliphatic rings. The lowest BCUT2D eigenvalue weighted by Gasteiger charge is -2.59. The van der Waals surface area contributed by atoms with Crippen molar-refractivity contribution in [1.29, 1.82) is 0 Å². The van der Waals surface area contributed by atoms with Crippen LogP contribution < -0.4 is 0 Å². The first kappa shape index (κ1) is 28.0. The fourth-order valence-corrected chi connectivity index (χ4v) is 14.7. The lowest BCUT2D eigenvalue weighted by atomic mass is 10.0. The maximum atomic E-state index is 16.3. The number of rotatable bonds is 6. The zero-order valence-corrected chi connectivity index (χ0v) is 21.5. The van der Waals surface area contributed by atoms with E-state index < -0.39 is 46.8 Å². The second-order valence-electron chi connectivity index (χ2n) is 8.73. The van der Waals surface area contributed by atoms with Gasteiger partial charge in [0.05, 0.1) is 0 Å². The Labute approximate surface area is 216 Å². The van der Waals surface area contributed by atoms with Gasteiger partial charge in [-0.3, -0.25) is 9.11 Å². The highest BCUT2D eigenvalue weighted by Crippen LogP contribution is 2.85. The number of fused-ring (bicyclic) bond motifs is 2. The zero-order valence-electron chi connectivity index (χ0n) is 19.8. The van der Waals surface area contributed by atoms with Crippen LogP contribution in [0.3, 0.4) is 0 Å². The van der Waals surface area contributed by atoms with Crippen LogP contribution >= 0.6 is 9.06 Å². The quantitative estimate of drug-likeness (QED) is 0.141. The van der Waals surface area contributed by atoms with Crippen molar-refractivity contribution in [2.24, 2.45) is 0 Å². The maximum Gasteiger partial charge on any atom is 0.432 e. The van der Waals surface area contributed by atoms with E-state index in [1.165, 1.54) is 66.7 Å². The molecule has 3 aromatic rings. The van der Waals surface area contributed by atoms with Crippen LogP contribution in [0.25, 0.3) is 0 Å². The van der Waals surface area contributed by atoms with Crippen LogP contribution in [-0.2, 0) is 24.6 Å². The van der Waals surface area contributed by atoms with Gasteiger partial charge in [0.15, 0.2) is 8.66 Å². The predicted molar refractivity (Wildman–Crippen MR) is 134 cm³/mol. The predicted octanol–water partition coefficient (Wildman–Crippen LogP) is 7.20. The van der Waals surface area contributed by atoms with Crippen LogP contribution in [0.5, 0.6) is 0 Å². The van der Waals surface area contributed by atoms with Gasteiger partial charge >= 0.3 is 17.4 Å². The molecule has 1 unspecified atom stereocenters. The van der Waals surface area contributed by atoms with Gasteiger partial charge in [0.1, 0.15) is 0 Å². The van der Waals surface area contributed by atoms with Crippen molar-refractivity contribution in [3.63, 3.8) is 0 Å². The van der Waals surface area contributed by atoms with Crippen molar-refractivity contribution in [1.82, 2.24) is 0 Å². The minimum Gasteiger partial charge on any atom is -0.441 e. The number of carbonyl (C=O) groups excluding carboxylic acids is 1. The number of carbonyl (C=O) groups is 1. The van der Waals surface area contributed by atoms with Gasteiger partial charge < -0.3 is 4.74 Å². The second-order valence-corrected chi connectivity index (χ2v) is 16.6. The summed E-state index contributed by atoms with van der Waals surface area (Å²) in [5.41, 5.74) is -0.122. The van der Waals surface area contributed by atoms with Crippen LogP contribution in [0.2, 0.25) is 0 Å². The second kappa shape index (κ2) is 9.01. The molecule has 0 saturated heterocycles. The summed E-state index contributed by atoms with van der Waals surface area (Å²) >= 11 is 0. The van der Waals surface area contributed by atoms with Crippen LogP contribution in [0.1, 0.15) is 18.1 Å². The Kier molecular flexibility index (Phi) is 6.63. The molecule has 4 rings (SSSR count). The minimum atomic E-state index is -7.89. The van der Waals surface area contributed by atoms with E-state index in [1.807, 2.05) is 0 Å². The van der Waals surface area contributed by atoms with Gasteiger partial charge in [0, 0.05) is 20.3 Å². The molecule has 2 N–H and O–H groups in total. The largest absolute Gasteiger partial charge is 0.441 e. The Balaban J connectivity index is 2.18. The van der Waals surface area contributed by atoms with Gasteiger partial charge in [0.25, 0.3) is 6.10 Å². The third kappa shape index (κ3) is 3.89. The highest BCUT2D eigenvalue weighted by molar-refractivity contribution is 8.97. The first-order valence-corrected chi connectivity index (χ1v) is 15.1. The molecule has 0 amide bonds. The third-order valence-corrected chi connectivity index (χ3v) is 16.2. The first-order chi connectivity index (χ1) is 17.5. The Morgan fingerprint density at radius 1 is 0.895 bits per heavy atom. The average molecular weight is 575 g/mol. The summed E-state index contributed by atoms with van der Waals surface area (Å²) in [6, 6.07) is 17.9. The van der Waals surface area contributed by atoms with E-state index in [2.05, 4.69) is 11.3 Å². The highest BCUT2D eigenvalue weighted by atomic mass is 33.2. The van der Waals surface area contributed by atoms with Crippen LogP contribution in [0, 0.1) is 0 Å². The molecule has 0 aromatic heterocycles. The normalized spacial score (nSPS) is 17.6. The lowest BCUT2D eigenvalue weighted by Crippen LogP contribution is -2.63. The first-order valence-electron chi connectivity index (χ1n) is 11.1. The molecule has 0 spiro atoms. The van der Waals surface area contributed by atoms with Crippen molar-refractivity contribution < 1.29 is 44.8 Å². The van der Waals surface area contributed by atoms with Crippen molar-refractivity contribution in [3.05, 3.63) is 102 Å². The molecule has 12 heteroatoms. The van der Waals surface area contributed by atoms with Gasteiger partial charge in [-0.25, -0.2) is 9.00 Å². The fraction of sp³-hybridized carbons (Fsp3) is 0.192. The van der Waals surface area contributed by atoms with E-state index in [0.717, 1.165) is 6.92 Å². The molecule has 0 fully saturated rings. The van der Waals surface area contributed by atoms with E-state index in [1.54, 1.807) is 12.1 Å². The molecule has 1 aliphatic heterocycles. The number of ether oxygens (including phenoxy) is 1. The Morgan fingerprint density at radius 2 is 1.34 bits per heavy atom. The molecule has 3 aromatic carbocycles. The van der Waals surface area contributed by atoms with E-state index >= 15 is 8.78 Å². The molecule has 5 nitrogen and oxygen atoms in total. The summed E-state index contributed by atoms with van der Waals surface area (Å²) in [5.74, 6) is -1.87. The Bertz CT molecular complexity index is 1440. The minimum absolute atomic E-state index is 0.107. The van der Waals surface area contributed by atoms with E-state index in [-0.39, 0.29) is 32.2 Å². The smallest absolute Gasteiger partial charge is 0.432 e. The summed E-state index contributed by atoms with van der Waals surface area (Å²) < 4.78 is 117. The molecule has 0 radical (unpaired) electrons. The number of alkyl halides is 5. The maximum absolute atomic E-state index is 16.3. The topological polar surface area (TPSA) is 83.8 Å². The lowest BCUT2D eigenvalue weighted by molar-refractivity contribution is -0.258. The van der Waals surface area contributed by atoms with Gasteiger partial charge in [0.2, 0.25) is 0 Å². The average Bonchev–Trinajstić information content (AvgIpc) is 2.84. The molecule has 204 valence electrons. The standard InChI is InChI=1S/C26H23F5O5S2/c1-17(2)23(32)36-24(25(27,28)29)26(30,31)38(33,34,35)37(20-12-4-3-5-13-20)21-14-8-6-10-18(21)16-19-11-7-9-15-22(19)37/h3-15,24H,1,16H2,2H3,(H2,33,34,35). The van der Waals surface area contributed by atoms with Gasteiger partial charge in [-0.05, 0) is 48.7 Å². The van der Waals surface area contributed by atoms with Crippen molar-refractivity contribution in [3.8, 4) is 0 Å². The SMILES string of the molecule is C=C(C)C(=O)OC(C(F)(F)F)C(F)(F)S(=O)(O)(O)S1(c2ccccc2)c2ccccc2Cc2ccccc21. The number of benzene rings is 3. The van der Waals surface area contributed by atoms with E-state index in [9.17, 15) is 31.3 Å². The number of hydrogen-bond donors (Lipinski definition) is 2. The number of esters is 1. The number of hydrogen-bond acceptors (Lipinski definition) is 3. The van der Waals surface area contributed by atoms with E-state index in [0.29, 0.717) is 0 Å². The van der Waals surface area contributed by atoms with E-state index in [4.69, 9.17) is 0 Å². The van der Waals surface area contributed by atoms with Crippen LogP contribution in [0.15, 0.2) is 106 Å². The van der Waals surface area contributed by atoms with Crippen molar-refractivity contribution >= 4 is 23.7 Å². The van der Waals surface area contributed by atoms with Crippen molar-refractivity contribution in [2.45, 2.75) is 45.6 Å². The molecule has 0 aliphatic carbocycles. The molecule has 38 heavy (non-hydrogen) atoms. The van der Waals surface area contributed by atoms with Gasteiger partial charge in [-0.2, -0.15) is 22.0 Å². The highest BCUT2D eigenvalue weighted by Gasteiger charge is 2.78. The molecular weight excluding hydrogens is 551 g/mol.